The van der Waals surface area contributed by atoms with Crippen LogP contribution in [0.5, 0.6) is 0 Å². The number of imidazole rings is 1. The lowest BCUT2D eigenvalue weighted by Gasteiger charge is -2.08. The molecule has 0 bridgehead atoms. The summed E-state index contributed by atoms with van der Waals surface area (Å²) in [6, 6.07) is 0. The van der Waals surface area contributed by atoms with E-state index in [1.807, 2.05) is 6.92 Å². The molecular weight excluding hydrogens is 213 g/mol. The zero-order valence-electron chi connectivity index (χ0n) is 8.56. The van der Waals surface area contributed by atoms with Gasteiger partial charge in [-0.05, 0) is 6.66 Å². The van der Waals surface area contributed by atoms with Gasteiger partial charge in [-0.15, -0.1) is 0 Å². The molecule has 0 radical (unpaired) electrons. The fraction of sp³-hybridized carbons (Fsp3) is 0.375. The van der Waals surface area contributed by atoms with Crippen LogP contribution >= 0.6 is 7.14 Å². The summed E-state index contributed by atoms with van der Waals surface area (Å²) in [5, 5.41) is 0. The molecule has 2 aromatic heterocycles. The number of rotatable bonds is 2. The highest BCUT2D eigenvalue weighted by molar-refractivity contribution is 7.70. The number of H-pyrrole nitrogens is 1. The Morgan fingerprint density at radius 2 is 2.27 bits per heavy atom. The fourth-order valence-electron chi connectivity index (χ4n) is 1.20. The van der Waals surface area contributed by atoms with E-state index in [2.05, 4.69) is 19.9 Å². The number of aromatic nitrogens is 4. The molecule has 2 heterocycles. The van der Waals surface area contributed by atoms with E-state index < -0.39 is 7.14 Å². The summed E-state index contributed by atoms with van der Waals surface area (Å²) in [5.41, 5.74) is 7.08. The van der Waals surface area contributed by atoms with Crippen molar-refractivity contribution in [1.29, 1.82) is 0 Å². The van der Waals surface area contributed by atoms with Crippen molar-refractivity contribution in [2.24, 2.45) is 0 Å². The Labute approximate surface area is 86.7 Å². The van der Waals surface area contributed by atoms with Crippen LogP contribution in [-0.4, -0.2) is 32.8 Å². The van der Waals surface area contributed by atoms with Gasteiger partial charge in [-0.3, -0.25) is 0 Å². The number of nitrogen functional groups attached to an aromatic ring is 1. The smallest absolute Gasteiger partial charge is 0.192 e. The largest absolute Gasteiger partial charge is 0.382 e. The zero-order valence-corrected chi connectivity index (χ0v) is 9.45. The van der Waals surface area contributed by atoms with E-state index in [9.17, 15) is 4.57 Å². The number of hydrogen-bond acceptors (Lipinski definition) is 5. The molecule has 1 unspecified atom stereocenters. The lowest BCUT2D eigenvalue weighted by atomic mass is 10.5. The van der Waals surface area contributed by atoms with Crippen molar-refractivity contribution in [3.63, 3.8) is 0 Å². The third kappa shape index (κ3) is 1.61. The number of nitrogens with zero attached hydrogens (tertiary/aromatic N) is 3. The Balaban J connectivity index is 2.69. The van der Waals surface area contributed by atoms with Gasteiger partial charge in [-0.1, -0.05) is 6.92 Å². The molecular formula is C8H12N5OP. The third-order valence-corrected chi connectivity index (χ3v) is 4.58. The molecule has 2 aromatic rings. The minimum atomic E-state index is -2.49. The number of anilines is 1. The van der Waals surface area contributed by atoms with Gasteiger partial charge >= 0.3 is 0 Å². The van der Waals surface area contributed by atoms with E-state index in [0.717, 1.165) is 0 Å². The van der Waals surface area contributed by atoms with Gasteiger partial charge in [-0.25, -0.2) is 15.0 Å². The Morgan fingerprint density at radius 3 is 2.93 bits per heavy atom. The van der Waals surface area contributed by atoms with E-state index in [4.69, 9.17) is 5.73 Å². The number of fused-ring (bicyclic) bond motifs is 1. The molecule has 7 heteroatoms. The van der Waals surface area contributed by atoms with Crippen molar-refractivity contribution in [3.05, 3.63) is 6.33 Å². The first-order chi connectivity index (χ1) is 7.04. The van der Waals surface area contributed by atoms with E-state index >= 15 is 0 Å². The average molecular weight is 225 g/mol. The molecule has 0 saturated carbocycles. The Hall–Kier alpha value is -1.42. The SMILES string of the molecule is CCP(C)(=O)c1nc(N)c2[nH]cnc2n1. The molecule has 15 heavy (non-hydrogen) atoms. The normalized spacial score (nSPS) is 15.3. The first-order valence-electron chi connectivity index (χ1n) is 4.58. The molecule has 0 aliphatic rings. The highest BCUT2D eigenvalue weighted by Gasteiger charge is 2.21. The maximum absolute atomic E-state index is 12.1. The van der Waals surface area contributed by atoms with Crippen LogP contribution in [0.15, 0.2) is 6.33 Å². The standard InChI is InChI=1S/C8H12N5OP/c1-3-15(2,14)8-12-6(9)5-7(13-8)11-4-10-5/h4H,3H2,1-2H3,(H3,9,10,11,12,13). The van der Waals surface area contributed by atoms with Gasteiger partial charge in [0.1, 0.15) is 12.7 Å². The van der Waals surface area contributed by atoms with Crippen molar-refractivity contribution in [3.8, 4) is 0 Å². The van der Waals surface area contributed by atoms with Crippen LogP contribution in [0.25, 0.3) is 11.2 Å². The topological polar surface area (TPSA) is 97.6 Å². The van der Waals surface area contributed by atoms with Crippen molar-refractivity contribution < 1.29 is 4.57 Å². The van der Waals surface area contributed by atoms with E-state index in [1.165, 1.54) is 6.33 Å². The first-order valence-corrected chi connectivity index (χ1v) is 6.92. The quantitative estimate of drug-likeness (QED) is 0.728. The molecule has 0 aliphatic carbocycles. The monoisotopic (exact) mass is 225 g/mol. The predicted octanol–water partition coefficient (Wildman–Crippen LogP) is 0.573. The van der Waals surface area contributed by atoms with Crippen LogP contribution < -0.4 is 11.3 Å². The molecule has 0 saturated heterocycles. The molecule has 0 spiro atoms. The van der Waals surface area contributed by atoms with Crippen LogP contribution in [0.4, 0.5) is 5.82 Å². The number of nitrogens with two attached hydrogens (primary N) is 1. The summed E-state index contributed by atoms with van der Waals surface area (Å²) in [6.07, 6.45) is 2.01. The summed E-state index contributed by atoms with van der Waals surface area (Å²) in [6.45, 7) is 3.50. The highest BCUT2D eigenvalue weighted by atomic mass is 31.2. The summed E-state index contributed by atoms with van der Waals surface area (Å²) in [4.78, 5) is 15.0. The van der Waals surface area contributed by atoms with E-state index in [-0.39, 0.29) is 0 Å². The maximum atomic E-state index is 12.1. The second-order valence-electron chi connectivity index (χ2n) is 3.43. The molecule has 0 amide bonds. The Bertz CT molecular complexity index is 549. The van der Waals surface area contributed by atoms with Gasteiger partial charge in [0.15, 0.2) is 17.0 Å². The summed E-state index contributed by atoms with van der Waals surface area (Å²) < 4.78 is 12.1. The lowest BCUT2D eigenvalue weighted by Crippen LogP contribution is -2.17. The number of hydrogen-bond donors (Lipinski definition) is 2. The zero-order chi connectivity index (χ0) is 11.1. The van der Waals surface area contributed by atoms with Crippen LogP contribution in [0, 0.1) is 0 Å². The lowest BCUT2D eigenvalue weighted by molar-refractivity contribution is 0.584. The Morgan fingerprint density at radius 1 is 1.53 bits per heavy atom. The van der Waals surface area contributed by atoms with Gasteiger partial charge in [-0.2, -0.15) is 0 Å². The van der Waals surface area contributed by atoms with Crippen molar-refractivity contribution in [1.82, 2.24) is 19.9 Å². The third-order valence-electron chi connectivity index (χ3n) is 2.33. The molecule has 0 fully saturated rings. The Kier molecular flexibility index (Phi) is 2.23. The highest BCUT2D eigenvalue weighted by Crippen LogP contribution is 2.37. The minimum absolute atomic E-state index is 0.294. The molecule has 3 N–H and O–H groups in total. The number of aromatic amines is 1. The first kappa shape index (κ1) is 10.1. The van der Waals surface area contributed by atoms with Crippen molar-refractivity contribution in [2.75, 3.05) is 18.6 Å². The molecule has 80 valence electrons. The summed E-state index contributed by atoms with van der Waals surface area (Å²) in [5.74, 6) is 0.294. The van der Waals surface area contributed by atoms with Gasteiger partial charge in [0, 0.05) is 6.16 Å². The van der Waals surface area contributed by atoms with Crippen LogP contribution in [0.1, 0.15) is 6.92 Å². The second-order valence-corrected chi connectivity index (χ2v) is 6.66. The predicted molar refractivity (Wildman–Crippen MR) is 59.8 cm³/mol. The van der Waals surface area contributed by atoms with Gasteiger partial charge in [0.2, 0.25) is 0 Å². The van der Waals surface area contributed by atoms with Crippen LogP contribution in [0.3, 0.4) is 0 Å². The second kappa shape index (κ2) is 3.31. The maximum Gasteiger partial charge on any atom is 0.192 e. The average Bonchev–Trinajstić information content (AvgIpc) is 2.66. The van der Waals surface area contributed by atoms with E-state index in [0.29, 0.717) is 28.7 Å². The van der Waals surface area contributed by atoms with Crippen molar-refractivity contribution >= 4 is 29.7 Å². The van der Waals surface area contributed by atoms with Gasteiger partial charge < -0.3 is 15.3 Å². The van der Waals surface area contributed by atoms with Gasteiger partial charge in [0.05, 0.1) is 6.33 Å². The molecule has 1 atom stereocenters. The molecule has 0 aliphatic heterocycles. The molecule has 2 rings (SSSR count). The molecule has 6 nitrogen and oxygen atoms in total. The van der Waals surface area contributed by atoms with E-state index in [1.54, 1.807) is 6.66 Å². The summed E-state index contributed by atoms with van der Waals surface area (Å²) >= 11 is 0. The molecule has 0 aromatic carbocycles. The minimum Gasteiger partial charge on any atom is -0.382 e. The number of nitrogens with one attached hydrogen (secondary N) is 1. The summed E-state index contributed by atoms with van der Waals surface area (Å²) in [7, 11) is -2.49. The van der Waals surface area contributed by atoms with Crippen LogP contribution in [0.2, 0.25) is 0 Å². The van der Waals surface area contributed by atoms with Gasteiger partial charge in [0.25, 0.3) is 0 Å². The van der Waals surface area contributed by atoms with Crippen LogP contribution in [-0.2, 0) is 4.57 Å². The fourth-order valence-corrected chi connectivity index (χ4v) is 2.11. The van der Waals surface area contributed by atoms with Crippen molar-refractivity contribution in [2.45, 2.75) is 6.92 Å².